The Morgan fingerprint density at radius 3 is 2.42 bits per heavy atom. The first-order valence-electron chi connectivity index (χ1n) is 9.10. The lowest BCUT2D eigenvalue weighted by Crippen LogP contribution is -2.25. The minimum atomic E-state index is -4.13. The van der Waals surface area contributed by atoms with Crippen LogP contribution in [0.3, 0.4) is 0 Å². The molecule has 0 radical (unpaired) electrons. The van der Waals surface area contributed by atoms with Crippen LogP contribution >= 0.6 is 23.2 Å². The van der Waals surface area contributed by atoms with Gasteiger partial charge in [0.2, 0.25) is 0 Å². The molecule has 9 heteroatoms. The molecule has 0 aromatic heterocycles. The number of benzene rings is 3. The van der Waals surface area contributed by atoms with E-state index >= 15 is 0 Å². The standard InChI is InChI=1S/C22H18Cl2FNO4S/c1-26-21(27)12-30-22-18(24)10-17(23)11-20(22)31(28,29)13-16-9-15(7-8-19(16)25)14-5-3-2-4-6-14/h2-11H,12-13H2,1H3,(H,26,27). The molecule has 0 bridgehead atoms. The molecule has 0 aliphatic heterocycles. The fourth-order valence-electron chi connectivity index (χ4n) is 2.90. The number of halogens is 3. The van der Waals surface area contributed by atoms with E-state index in [-0.39, 0.29) is 26.3 Å². The van der Waals surface area contributed by atoms with Gasteiger partial charge in [0.15, 0.2) is 22.2 Å². The Labute approximate surface area is 189 Å². The van der Waals surface area contributed by atoms with Crippen LogP contribution in [0.4, 0.5) is 4.39 Å². The first-order chi connectivity index (χ1) is 14.7. The maximum atomic E-state index is 14.5. The van der Waals surface area contributed by atoms with Crippen molar-refractivity contribution < 1.29 is 22.3 Å². The Morgan fingerprint density at radius 2 is 1.74 bits per heavy atom. The van der Waals surface area contributed by atoms with Gasteiger partial charge in [-0.25, -0.2) is 12.8 Å². The lowest BCUT2D eigenvalue weighted by atomic mass is 10.0. The van der Waals surface area contributed by atoms with Crippen molar-refractivity contribution in [2.45, 2.75) is 10.6 Å². The number of rotatable bonds is 7. The zero-order valence-electron chi connectivity index (χ0n) is 16.4. The van der Waals surface area contributed by atoms with Gasteiger partial charge < -0.3 is 10.1 Å². The molecule has 0 aliphatic carbocycles. The van der Waals surface area contributed by atoms with Crippen LogP contribution in [0.25, 0.3) is 11.1 Å². The Morgan fingerprint density at radius 1 is 1.03 bits per heavy atom. The minimum absolute atomic E-state index is 0.0188. The first kappa shape index (κ1) is 23.1. The van der Waals surface area contributed by atoms with Crippen LogP contribution in [0.2, 0.25) is 10.0 Å². The molecule has 0 spiro atoms. The number of amides is 1. The van der Waals surface area contributed by atoms with E-state index in [0.717, 1.165) is 5.56 Å². The van der Waals surface area contributed by atoms with E-state index < -0.39 is 33.9 Å². The van der Waals surface area contributed by atoms with Gasteiger partial charge in [-0.1, -0.05) is 59.6 Å². The second kappa shape index (κ2) is 9.68. The van der Waals surface area contributed by atoms with E-state index in [2.05, 4.69) is 5.32 Å². The lowest BCUT2D eigenvalue weighted by Gasteiger charge is -2.15. The molecule has 0 atom stereocenters. The molecule has 0 aliphatic rings. The summed E-state index contributed by atoms with van der Waals surface area (Å²) in [6, 6.07) is 16.0. The van der Waals surface area contributed by atoms with E-state index in [4.69, 9.17) is 27.9 Å². The maximum Gasteiger partial charge on any atom is 0.257 e. The van der Waals surface area contributed by atoms with Crippen molar-refractivity contribution in [3.63, 3.8) is 0 Å². The quantitative estimate of drug-likeness (QED) is 0.520. The molecular formula is C22H18Cl2FNO4S. The summed E-state index contributed by atoms with van der Waals surface area (Å²) in [5.74, 6) is -2.00. The Hall–Kier alpha value is -2.61. The zero-order valence-corrected chi connectivity index (χ0v) is 18.7. The summed E-state index contributed by atoms with van der Waals surface area (Å²) >= 11 is 12.1. The molecule has 3 aromatic carbocycles. The molecule has 0 saturated heterocycles. The molecule has 31 heavy (non-hydrogen) atoms. The second-order valence-electron chi connectivity index (χ2n) is 6.61. The largest absolute Gasteiger partial charge is 0.481 e. The fraction of sp³-hybridized carbons (Fsp3) is 0.136. The number of nitrogens with one attached hydrogen (secondary N) is 1. The smallest absolute Gasteiger partial charge is 0.257 e. The van der Waals surface area contributed by atoms with Crippen molar-refractivity contribution in [2.24, 2.45) is 0 Å². The Bertz CT molecular complexity index is 1220. The van der Waals surface area contributed by atoms with Gasteiger partial charge in [-0.2, -0.15) is 0 Å². The summed E-state index contributed by atoms with van der Waals surface area (Å²) in [6.07, 6.45) is 0. The molecule has 3 rings (SSSR count). The van der Waals surface area contributed by atoms with Crippen LogP contribution in [0.1, 0.15) is 5.56 Å². The third-order valence-corrected chi connectivity index (χ3v) is 6.60. The summed E-state index contributed by atoms with van der Waals surface area (Å²) in [5, 5.41) is 2.35. The highest BCUT2D eigenvalue weighted by Gasteiger charge is 2.25. The van der Waals surface area contributed by atoms with Gasteiger partial charge in [-0.05, 0) is 35.4 Å². The monoisotopic (exact) mass is 481 g/mol. The molecule has 162 valence electrons. The zero-order chi connectivity index (χ0) is 22.6. The molecule has 0 unspecified atom stereocenters. The van der Waals surface area contributed by atoms with Crippen LogP contribution < -0.4 is 10.1 Å². The highest BCUT2D eigenvalue weighted by Crippen LogP contribution is 2.37. The Balaban J connectivity index is 2.00. The van der Waals surface area contributed by atoms with E-state index in [1.54, 1.807) is 6.07 Å². The van der Waals surface area contributed by atoms with Crippen molar-refractivity contribution in [3.05, 3.63) is 82.1 Å². The predicted octanol–water partition coefficient (Wildman–Crippen LogP) is 4.90. The summed E-state index contributed by atoms with van der Waals surface area (Å²) in [4.78, 5) is 11.2. The van der Waals surface area contributed by atoms with E-state index in [9.17, 15) is 17.6 Å². The van der Waals surface area contributed by atoms with Crippen molar-refractivity contribution in [1.29, 1.82) is 0 Å². The molecular weight excluding hydrogens is 464 g/mol. The summed E-state index contributed by atoms with van der Waals surface area (Å²) in [6.45, 7) is -0.446. The molecule has 1 amide bonds. The van der Waals surface area contributed by atoms with Crippen molar-refractivity contribution in [3.8, 4) is 16.9 Å². The number of hydrogen-bond acceptors (Lipinski definition) is 4. The number of sulfone groups is 1. The van der Waals surface area contributed by atoms with Crippen LogP contribution in [0.15, 0.2) is 65.6 Å². The van der Waals surface area contributed by atoms with Crippen molar-refractivity contribution >= 4 is 38.9 Å². The van der Waals surface area contributed by atoms with Crippen LogP contribution in [0, 0.1) is 5.82 Å². The molecule has 0 heterocycles. The lowest BCUT2D eigenvalue weighted by molar-refractivity contribution is -0.122. The van der Waals surface area contributed by atoms with Crippen LogP contribution in [0.5, 0.6) is 5.75 Å². The van der Waals surface area contributed by atoms with Gasteiger partial charge >= 0.3 is 0 Å². The summed E-state index contributed by atoms with van der Waals surface area (Å²) in [7, 11) is -2.72. The molecule has 5 nitrogen and oxygen atoms in total. The van der Waals surface area contributed by atoms with E-state index in [0.29, 0.717) is 5.56 Å². The highest BCUT2D eigenvalue weighted by molar-refractivity contribution is 7.90. The van der Waals surface area contributed by atoms with Crippen molar-refractivity contribution in [2.75, 3.05) is 13.7 Å². The molecule has 0 saturated carbocycles. The summed E-state index contributed by atoms with van der Waals surface area (Å²) < 4.78 is 46.2. The van der Waals surface area contributed by atoms with Gasteiger partial charge in [0.25, 0.3) is 5.91 Å². The van der Waals surface area contributed by atoms with E-state index in [1.165, 1.54) is 31.3 Å². The predicted molar refractivity (Wildman–Crippen MR) is 119 cm³/mol. The van der Waals surface area contributed by atoms with Crippen LogP contribution in [-0.4, -0.2) is 28.0 Å². The summed E-state index contributed by atoms with van der Waals surface area (Å²) in [5.41, 5.74) is 1.48. The molecule has 1 N–H and O–H groups in total. The number of hydrogen-bond donors (Lipinski definition) is 1. The van der Waals surface area contributed by atoms with E-state index in [1.807, 2.05) is 30.3 Å². The first-order valence-corrected chi connectivity index (χ1v) is 11.5. The fourth-order valence-corrected chi connectivity index (χ4v) is 5.11. The average molecular weight is 482 g/mol. The second-order valence-corrected chi connectivity index (χ2v) is 9.41. The topological polar surface area (TPSA) is 72.5 Å². The normalized spacial score (nSPS) is 11.2. The van der Waals surface area contributed by atoms with Gasteiger partial charge in [0, 0.05) is 17.6 Å². The number of carbonyl (C=O) groups excluding carboxylic acids is 1. The van der Waals surface area contributed by atoms with Crippen LogP contribution in [-0.2, 0) is 20.4 Å². The van der Waals surface area contributed by atoms with Gasteiger partial charge in [0.1, 0.15) is 10.7 Å². The number of ether oxygens (including phenoxy) is 1. The molecule has 0 fully saturated rings. The van der Waals surface area contributed by atoms with Gasteiger partial charge in [0.05, 0.1) is 10.8 Å². The SMILES string of the molecule is CNC(=O)COc1c(Cl)cc(Cl)cc1S(=O)(=O)Cc1cc(-c2ccccc2)ccc1F. The van der Waals surface area contributed by atoms with Crippen molar-refractivity contribution in [1.82, 2.24) is 5.32 Å². The molecule has 3 aromatic rings. The number of likely N-dealkylation sites (N-methyl/N-ethyl adjacent to an activating group) is 1. The average Bonchev–Trinajstić information content (AvgIpc) is 2.74. The highest BCUT2D eigenvalue weighted by atomic mass is 35.5. The van der Waals surface area contributed by atoms with Gasteiger partial charge in [-0.15, -0.1) is 0 Å². The van der Waals surface area contributed by atoms with Gasteiger partial charge in [-0.3, -0.25) is 4.79 Å². The minimum Gasteiger partial charge on any atom is -0.481 e. The third-order valence-electron chi connectivity index (χ3n) is 4.43. The maximum absolute atomic E-state index is 14.5. The number of carbonyl (C=O) groups is 1. The Kier molecular flexibility index (Phi) is 7.20. The third kappa shape index (κ3) is 5.55.